The molecule has 0 fully saturated rings. The number of carbonyl (C=O) groups excluding carboxylic acids is 1. The van der Waals surface area contributed by atoms with Crippen LogP contribution in [0.1, 0.15) is 29.7 Å². The number of amides is 1. The number of nitrogens with one attached hydrogen (secondary N) is 1. The van der Waals surface area contributed by atoms with Crippen molar-refractivity contribution in [1.82, 2.24) is 5.32 Å². The van der Waals surface area contributed by atoms with E-state index in [1.807, 2.05) is 38.1 Å². The number of benzene rings is 2. The molecule has 1 amide bonds. The predicted octanol–water partition coefficient (Wildman–Crippen LogP) is 3.55. The monoisotopic (exact) mass is 271 g/mol. The lowest BCUT2D eigenvalue weighted by Crippen LogP contribution is -2.28. The molecule has 1 atom stereocenters. The first-order valence-electron chi connectivity index (χ1n) is 6.65. The summed E-state index contributed by atoms with van der Waals surface area (Å²) in [5.41, 5.74) is 2.64. The zero-order chi connectivity index (χ0) is 14.5. The van der Waals surface area contributed by atoms with Gasteiger partial charge in [0.25, 0.3) is 0 Å². The third-order valence-corrected chi connectivity index (χ3v) is 3.26. The molecule has 2 rings (SSSR count). The molecule has 104 valence electrons. The maximum absolute atomic E-state index is 13.5. The van der Waals surface area contributed by atoms with Crippen molar-refractivity contribution in [3.63, 3.8) is 0 Å². The predicted molar refractivity (Wildman–Crippen MR) is 77.8 cm³/mol. The van der Waals surface area contributed by atoms with Crippen LogP contribution in [0.3, 0.4) is 0 Å². The summed E-state index contributed by atoms with van der Waals surface area (Å²) >= 11 is 0. The molecule has 2 aromatic carbocycles. The van der Waals surface area contributed by atoms with Crippen molar-refractivity contribution in [2.75, 3.05) is 0 Å². The van der Waals surface area contributed by atoms with Crippen LogP contribution in [0.5, 0.6) is 0 Å². The Morgan fingerprint density at radius 1 is 1.15 bits per heavy atom. The highest BCUT2D eigenvalue weighted by Crippen LogP contribution is 2.14. The Hall–Kier alpha value is -2.16. The lowest BCUT2D eigenvalue weighted by atomic mass is 10.1. The highest BCUT2D eigenvalue weighted by Gasteiger charge is 2.11. The first-order chi connectivity index (χ1) is 9.56. The van der Waals surface area contributed by atoms with E-state index in [-0.39, 0.29) is 24.2 Å². The van der Waals surface area contributed by atoms with Crippen LogP contribution in [-0.2, 0) is 11.2 Å². The van der Waals surface area contributed by atoms with Crippen LogP contribution in [0.4, 0.5) is 4.39 Å². The highest BCUT2D eigenvalue weighted by molar-refractivity contribution is 5.79. The van der Waals surface area contributed by atoms with Gasteiger partial charge in [-0.2, -0.15) is 0 Å². The SMILES string of the molecule is Cc1ccc(C(C)NC(=O)Cc2ccccc2F)cc1. The molecule has 2 nitrogen and oxygen atoms in total. The molecular weight excluding hydrogens is 253 g/mol. The first-order valence-corrected chi connectivity index (χ1v) is 6.65. The van der Waals surface area contributed by atoms with E-state index in [0.29, 0.717) is 5.56 Å². The van der Waals surface area contributed by atoms with E-state index in [2.05, 4.69) is 5.32 Å². The first kappa shape index (κ1) is 14.3. The lowest BCUT2D eigenvalue weighted by molar-refractivity contribution is -0.121. The zero-order valence-electron chi connectivity index (χ0n) is 11.7. The molecule has 0 aromatic heterocycles. The molecule has 1 unspecified atom stereocenters. The lowest BCUT2D eigenvalue weighted by Gasteiger charge is -2.14. The minimum Gasteiger partial charge on any atom is -0.349 e. The summed E-state index contributed by atoms with van der Waals surface area (Å²) in [5, 5.41) is 2.89. The van der Waals surface area contributed by atoms with E-state index < -0.39 is 0 Å². The average molecular weight is 271 g/mol. The third-order valence-electron chi connectivity index (χ3n) is 3.26. The molecule has 0 bridgehead atoms. The number of rotatable bonds is 4. The van der Waals surface area contributed by atoms with E-state index in [0.717, 1.165) is 5.56 Å². The second kappa shape index (κ2) is 6.33. The zero-order valence-corrected chi connectivity index (χ0v) is 11.7. The highest BCUT2D eigenvalue weighted by atomic mass is 19.1. The fraction of sp³-hybridized carbons (Fsp3) is 0.235. The fourth-order valence-corrected chi connectivity index (χ4v) is 2.05. The van der Waals surface area contributed by atoms with Crippen LogP contribution >= 0.6 is 0 Å². The molecule has 0 heterocycles. The Labute approximate surface area is 118 Å². The van der Waals surface area contributed by atoms with Crippen molar-refractivity contribution in [2.24, 2.45) is 0 Å². The van der Waals surface area contributed by atoms with Crippen molar-refractivity contribution < 1.29 is 9.18 Å². The molecule has 0 spiro atoms. The van der Waals surface area contributed by atoms with Crippen molar-refractivity contribution >= 4 is 5.91 Å². The summed E-state index contributed by atoms with van der Waals surface area (Å²) < 4.78 is 13.5. The van der Waals surface area contributed by atoms with Gasteiger partial charge in [-0.15, -0.1) is 0 Å². The standard InChI is InChI=1S/C17H18FNO/c1-12-7-9-14(10-8-12)13(2)19-17(20)11-15-5-3-4-6-16(15)18/h3-10,13H,11H2,1-2H3,(H,19,20). The normalized spacial score (nSPS) is 11.9. The summed E-state index contributed by atoms with van der Waals surface area (Å²) in [5.74, 6) is -0.520. The Balaban J connectivity index is 1.98. The molecule has 0 radical (unpaired) electrons. The Morgan fingerprint density at radius 2 is 1.80 bits per heavy atom. The van der Waals surface area contributed by atoms with E-state index in [1.165, 1.54) is 11.6 Å². The van der Waals surface area contributed by atoms with Crippen molar-refractivity contribution in [2.45, 2.75) is 26.3 Å². The molecule has 0 aliphatic heterocycles. The second-order valence-electron chi connectivity index (χ2n) is 4.97. The molecule has 1 N–H and O–H groups in total. The van der Waals surface area contributed by atoms with Gasteiger partial charge in [-0.3, -0.25) is 4.79 Å². The van der Waals surface area contributed by atoms with Crippen LogP contribution in [-0.4, -0.2) is 5.91 Å². The molecule has 0 aliphatic carbocycles. The molecule has 0 saturated heterocycles. The fourth-order valence-electron chi connectivity index (χ4n) is 2.05. The third kappa shape index (κ3) is 3.67. The molecule has 0 saturated carbocycles. The number of carbonyl (C=O) groups is 1. The molecule has 3 heteroatoms. The maximum atomic E-state index is 13.5. The van der Waals surface area contributed by atoms with Gasteiger partial charge in [0.1, 0.15) is 5.82 Å². The van der Waals surface area contributed by atoms with Crippen molar-refractivity contribution in [3.8, 4) is 0 Å². The van der Waals surface area contributed by atoms with Gasteiger partial charge in [-0.25, -0.2) is 4.39 Å². The average Bonchev–Trinajstić information content (AvgIpc) is 2.42. The summed E-state index contributed by atoms with van der Waals surface area (Å²) in [4.78, 5) is 11.9. The quantitative estimate of drug-likeness (QED) is 0.905. The van der Waals surface area contributed by atoms with Gasteiger partial charge in [0.15, 0.2) is 0 Å². The van der Waals surface area contributed by atoms with Gasteiger partial charge in [0.05, 0.1) is 12.5 Å². The van der Waals surface area contributed by atoms with Crippen molar-refractivity contribution in [1.29, 1.82) is 0 Å². The summed E-state index contributed by atoms with van der Waals surface area (Å²) in [6.45, 7) is 3.94. The van der Waals surface area contributed by atoms with Crippen molar-refractivity contribution in [3.05, 3.63) is 71.0 Å². The smallest absolute Gasteiger partial charge is 0.225 e. The van der Waals surface area contributed by atoms with Gasteiger partial charge >= 0.3 is 0 Å². The van der Waals surface area contributed by atoms with Gasteiger partial charge in [0.2, 0.25) is 5.91 Å². The van der Waals surface area contributed by atoms with Gasteiger partial charge in [0, 0.05) is 0 Å². The molecule has 2 aromatic rings. The molecule has 0 aliphatic rings. The Bertz CT molecular complexity index is 592. The maximum Gasteiger partial charge on any atom is 0.225 e. The minimum atomic E-state index is -0.342. The van der Waals surface area contributed by atoms with Gasteiger partial charge in [-0.05, 0) is 31.0 Å². The summed E-state index contributed by atoms with van der Waals surface area (Å²) in [7, 11) is 0. The van der Waals surface area contributed by atoms with E-state index in [1.54, 1.807) is 18.2 Å². The number of hydrogen-bond donors (Lipinski definition) is 1. The van der Waals surface area contributed by atoms with Crippen LogP contribution in [0, 0.1) is 12.7 Å². The van der Waals surface area contributed by atoms with Crippen LogP contribution in [0.2, 0.25) is 0 Å². The topological polar surface area (TPSA) is 29.1 Å². The molecular formula is C17H18FNO. The van der Waals surface area contributed by atoms with Gasteiger partial charge in [-0.1, -0.05) is 48.0 Å². The number of hydrogen-bond acceptors (Lipinski definition) is 1. The van der Waals surface area contributed by atoms with Crippen LogP contribution < -0.4 is 5.32 Å². The van der Waals surface area contributed by atoms with Gasteiger partial charge < -0.3 is 5.32 Å². The summed E-state index contributed by atoms with van der Waals surface area (Å²) in [6.07, 6.45) is 0.0584. The Kier molecular flexibility index (Phi) is 4.51. The van der Waals surface area contributed by atoms with Crippen LogP contribution in [0.25, 0.3) is 0 Å². The Morgan fingerprint density at radius 3 is 2.45 bits per heavy atom. The number of aryl methyl sites for hydroxylation is 1. The minimum absolute atomic E-state index is 0.0584. The van der Waals surface area contributed by atoms with E-state index >= 15 is 0 Å². The van der Waals surface area contributed by atoms with E-state index in [9.17, 15) is 9.18 Å². The summed E-state index contributed by atoms with van der Waals surface area (Å²) in [6, 6.07) is 14.3. The van der Waals surface area contributed by atoms with E-state index in [4.69, 9.17) is 0 Å². The number of halogens is 1. The largest absolute Gasteiger partial charge is 0.349 e. The second-order valence-corrected chi connectivity index (χ2v) is 4.97. The molecule has 20 heavy (non-hydrogen) atoms. The van der Waals surface area contributed by atoms with Crippen LogP contribution in [0.15, 0.2) is 48.5 Å².